The van der Waals surface area contributed by atoms with E-state index in [-0.39, 0.29) is 0 Å². The first-order chi connectivity index (χ1) is 7.63. The summed E-state index contributed by atoms with van der Waals surface area (Å²) in [4.78, 5) is 0. The molecule has 1 rings (SSSR count). The lowest BCUT2D eigenvalue weighted by molar-refractivity contribution is 0.444. The van der Waals surface area contributed by atoms with Gasteiger partial charge in [-0.15, -0.1) is 0 Å². The monoisotopic (exact) mass is 283 g/mol. The Labute approximate surface area is 108 Å². The van der Waals surface area contributed by atoms with Crippen molar-refractivity contribution in [2.75, 3.05) is 0 Å². The highest BCUT2D eigenvalue weighted by atomic mass is 79.9. The Bertz CT molecular complexity index is 294. The van der Waals surface area contributed by atoms with Crippen molar-refractivity contribution in [3.63, 3.8) is 0 Å². The number of unbranched alkanes of at least 4 members (excludes halogenated alkanes) is 1. The van der Waals surface area contributed by atoms with E-state index < -0.39 is 0 Å². The normalized spacial score (nSPS) is 14.8. The molecule has 1 unspecified atom stereocenters. The van der Waals surface area contributed by atoms with Crippen LogP contribution in [-0.4, -0.2) is 6.04 Å². The quantitative estimate of drug-likeness (QED) is 0.800. The highest BCUT2D eigenvalue weighted by Gasteiger charge is 2.08. The van der Waals surface area contributed by atoms with E-state index in [1.54, 1.807) is 0 Å². The Balaban J connectivity index is 2.45. The summed E-state index contributed by atoms with van der Waals surface area (Å²) >= 11 is 3.46. The van der Waals surface area contributed by atoms with Gasteiger partial charge in [0.05, 0.1) is 0 Å². The van der Waals surface area contributed by atoms with Crippen LogP contribution in [0.4, 0.5) is 0 Å². The molecule has 0 amide bonds. The van der Waals surface area contributed by atoms with Gasteiger partial charge in [-0.1, -0.05) is 47.8 Å². The average Bonchev–Trinajstić information content (AvgIpc) is 2.27. The van der Waals surface area contributed by atoms with Crippen molar-refractivity contribution in [3.8, 4) is 0 Å². The molecule has 0 radical (unpaired) electrons. The zero-order valence-corrected chi connectivity index (χ0v) is 12.0. The van der Waals surface area contributed by atoms with Gasteiger partial charge in [-0.3, -0.25) is 0 Å². The van der Waals surface area contributed by atoms with E-state index in [0.717, 1.165) is 4.47 Å². The molecule has 1 aromatic rings. The summed E-state index contributed by atoms with van der Waals surface area (Å²) in [6.07, 6.45) is 3.84. The van der Waals surface area contributed by atoms with E-state index in [4.69, 9.17) is 0 Å². The number of rotatable bonds is 6. The minimum Gasteiger partial charge on any atom is -0.308 e. The second-order valence-corrected chi connectivity index (χ2v) is 5.40. The van der Waals surface area contributed by atoms with Gasteiger partial charge < -0.3 is 5.32 Å². The SMILES string of the molecule is CCCCC(C)N[C@@H](C)c1ccc(Br)cc1. The summed E-state index contributed by atoms with van der Waals surface area (Å²) in [5.41, 5.74) is 1.35. The van der Waals surface area contributed by atoms with Crippen LogP contribution in [0.15, 0.2) is 28.7 Å². The summed E-state index contributed by atoms with van der Waals surface area (Å²) < 4.78 is 1.14. The van der Waals surface area contributed by atoms with Crippen molar-refractivity contribution >= 4 is 15.9 Å². The molecule has 0 aliphatic carbocycles. The molecule has 0 spiro atoms. The minimum atomic E-state index is 0.431. The minimum absolute atomic E-state index is 0.431. The molecule has 2 heteroatoms. The predicted octanol–water partition coefficient (Wildman–Crippen LogP) is 4.68. The van der Waals surface area contributed by atoms with Gasteiger partial charge in [-0.05, 0) is 38.0 Å². The van der Waals surface area contributed by atoms with E-state index in [9.17, 15) is 0 Å². The van der Waals surface area contributed by atoms with Crippen molar-refractivity contribution in [1.82, 2.24) is 5.32 Å². The predicted molar refractivity (Wildman–Crippen MR) is 74.7 cm³/mol. The van der Waals surface area contributed by atoms with Crippen molar-refractivity contribution in [2.24, 2.45) is 0 Å². The van der Waals surface area contributed by atoms with Gasteiger partial charge >= 0.3 is 0 Å². The molecule has 0 bridgehead atoms. The summed E-state index contributed by atoms with van der Waals surface area (Å²) in [7, 11) is 0. The van der Waals surface area contributed by atoms with Crippen LogP contribution in [-0.2, 0) is 0 Å². The molecule has 0 aromatic heterocycles. The Morgan fingerprint density at radius 1 is 1.19 bits per heavy atom. The first kappa shape index (κ1) is 13.7. The van der Waals surface area contributed by atoms with E-state index in [2.05, 4.69) is 66.3 Å². The van der Waals surface area contributed by atoms with Gasteiger partial charge in [-0.2, -0.15) is 0 Å². The van der Waals surface area contributed by atoms with E-state index in [1.165, 1.54) is 24.8 Å². The average molecular weight is 284 g/mol. The number of hydrogen-bond acceptors (Lipinski definition) is 1. The molecule has 1 N–H and O–H groups in total. The van der Waals surface area contributed by atoms with E-state index in [0.29, 0.717) is 12.1 Å². The Morgan fingerprint density at radius 2 is 1.81 bits per heavy atom. The standard InChI is InChI=1S/C14H22BrN/c1-4-5-6-11(2)16-12(3)13-7-9-14(15)10-8-13/h7-12,16H,4-6H2,1-3H3/t11?,12-/m0/s1. The highest BCUT2D eigenvalue weighted by molar-refractivity contribution is 9.10. The van der Waals surface area contributed by atoms with Gasteiger partial charge in [0.1, 0.15) is 0 Å². The van der Waals surface area contributed by atoms with Gasteiger partial charge in [-0.25, -0.2) is 0 Å². The number of hydrogen-bond donors (Lipinski definition) is 1. The molecule has 0 aliphatic heterocycles. The maximum absolute atomic E-state index is 3.64. The molecule has 0 fully saturated rings. The third kappa shape index (κ3) is 4.67. The van der Waals surface area contributed by atoms with Gasteiger partial charge in [0.2, 0.25) is 0 Å². The van der Waals surface area contributed by atoms with Gasteiger partial charge in [0.25, 0.3) is 0 Å². The van der Waals surface area contributed by atoms with Crippen molar-refractivity contribution in [1.29, 1.82) is 0 Å². The van der Waals surface area contributed by atoms with Crippen LogP contribution in [0, 0.1) is 0 Å². The molecule has 0 saturated carbocycles. The Morgan fingerprint density at radius 3 is 2.38 bits per heavy atom. The van der Waals surface area contributed by atoms with Crippen molar-refractivity contribution in [2.45, 2.75) is 52.1 Å². The molecule has 16 heavy (non-hydrogen) atoms. The lowest BCUT2D eigenvalue weighted by Gasteiger charge is -2.20. The van der Waals surface area contributed by atoms with Crippen LogP contribution in [0.25, 0.3) is 0 Å². The van der Waals surface area contributed by atoms with Crippen molar-refractivity contribution in [3.05, 3.63) is 34.3 Å². The summed E-state index contributed by atoms with van der Waals surface area (Å²) in [6.45, 7) is 6.74. The lowest BCUT2D eigenvalue weighted by atomic mass is 10.1. The fourth-order valence-corrected chi connectivity index (χ4v) is 2.13. The zero-order valence-electron chi connectivity index (χ0n) is 10.5. The topological polar surface area (TPSA) is 12.0 Å². The Kier molecular flexibility index (Phi) is 6.07. The van der Waals surface area contributed by atoms with E-state index in [1.807, 2.05) is 0 Å². The maximum atomic E-state index is 3.64. The van der Waals surface area contributed by atoms with Crippen LogP contribution >= 0.6 is 15.9 Å². The van der Waals surface area contributed by atoms with Gasteiger partial charge in [0.15, 0.2) is 0 Å². The van der Waals surface area contributed by atoms with Crippen LogP contribution in [0.2, 0.25) is 0 Å². The molecule has 0 aliphatic rings. The second-order valence-electron chi connectivity index (χ2n) is 4.48. The second kappa shape index (κ2) is 7.08. The van der Waals surface area contributed by atoms with Gasteiger partial charge in [0, 0.05) is 16.6 Å². The third-order valence-corrected chi connectivity index (χ3v) is 3.42. The molecule has 1 nitrogen and oxygen atoms in total. The fourth-order valence-electron chi connectivity index (χ4n) is 1.87. The smallest absolute Gasteiger partial charge is 0.0294 e. The third-order valence-electron chi connectivity index (χ3n) is 2.90. The molecule has 1 aromatic carbocycles. The number of nitrogens with one attached hydrogen (secondary N) is 1. The molecule has 2 atom stereocenters. The molecule has 90 valence electrons. The van der Waals surface area contributed by atoms with Crippen LogP contribution in [0.1, 0.15) is 51.6 Å². The molecule has 0 heterocycles. The number of benzene rings is 1. The van der Waals surface area contributed by atoms with Crippen molar-refractivity contribution < 1.29 is 0 Å². The first-order valence-corrected chi connectivity index (χ1v) is 6.94. The van der Waals surface area contributed by atoms with Crippen LogP contribution < -0.4 is 5.32 Å². The largest absolute Gasteiger partial charge is 0.308 e. The lowest BCUT2D eigenvalue weighted by Crippen LogP contribution is -2.28. The Hall–Kier alpha value is -0.340. The van der Waals surface area contributed by atoms with E-state index >= 15 is 0 Å². The summed E-state index contributed by atoms with van der Waals surface area (Å²) in [5, 5.41) is 3.64. The summed E-state index contributed by atoms with van der Waals surface area (Å²) in [6, 6.07) is 9.58. The molecule has 0 saturated heterocycles. The zero-order chi connectivity index (χ0) is 12.0. The van der Waals surface area contributed by atoms with Crippen LogP contribution in [0.5, 0.6) is 0 Å². The van der Waals surface area contributed by atoms with Crippen LogP contribution in [0.3, 0.4) is 0 Å². The highest BCUT2D eigenvalue weighted by Crippen LogP contribution is 2.17. The molecular formula is C14H22BrN. The maximum Gasteiger partial charge on any atom is 0.0294 e. The summed E-state index contributed by atoms with van der Waals surface area (Å²) in [5.74, 6) is 0. The molecular weight excluding hydrogens is 262 g/mol. The fraction of sp³-hybridized carbons (Fsp3) is 0.571. The first-order valence-electron chi connectivity index (χ1n) is 6.15. The number of halogens is 1.